The number of phenols is 1. The maximum absolute atomic E-state index is 11.6. The zero-order valence-electron chi connectivity index (χ0n) is 8.80. The Morgan fingerprint density at radius 2 is 1.94 bits per heavy atom. The minimum Gasteiger partial charge on any atom is -0.508 e. The molecule has 0 bridgehead atoms. The average Bonchev–Trinajstić information content (AvgIpc) is 2.25. The highest BCUT2D eigenvalue weighted by Crippen LogP contribution is 2.21. The Morgan fingerprint density at radius 1 is 1.31 bits per heavy atom. The van der Waals surface area contributed by atoms with E-state index in [-0.39, 0.29) is 17.6 Å². The summed E-state index contributed by atoms with van der Waals surface area (Å²) in [5, 5.41) is 11.4. The highest BCUT2D eigenvalue weighted by Gasteiger charge is 2.29. The van der Waals surface area contributed by atoms with Gasteiger partial charge in [-0.2, -0.15) is 0 Å². The summed E-state index contributed by atoms with van der Waals surface area (Å²) in [7, 11) is 0. The summed E-state index contributed by atoms with van der Waals surface area (Å²) in [5.74, 6) is -0.336. The average molecular weight is 220 g/mol. The second-order valence-corrected chi connectivity index (χ2v) is 3.82. The lowest BCUT2D eigenvalue weighted by atomic mass is 10.1. The van der Waals surface area contributed by atoms with Crippen molar-refractivity contribution in [3.05, 3.63) is 24.3 Å². The summed E-state index contributed by atoms with van der Waals surface area (Å²) >= 11 is 0. The molecule has 1 aliphatic rings. The zero-order chi connectivity index (χ0) is 11.7. The molecule has 2 rings (SSSR count). The van der Waals surface area contributed by atoms with Crippen LogP contribution in [-0.4, -0.2) is 23.6 Å². The zero-order valence-corrected chi connectivity index (χ0v) is 8.80. The third-order valence-corrected chi connectivity index (χ3v) is 2.54. The van der Waals surface area contributed by atoms with Gasteiger partial charge < -0.3 is 5.11 Å². The van der Waals surface area contributed by atoms with Gasteiger partial charge in [-0.05, 0) is 24.3 Å². The third kappa shape index (κ3) is 1.84. The van der Waals surface area contributed by atoms with E-state index in [4.69, 9.17) is 5.11 Å². The lowest BCUT2D eigenvalue weighted by molar-refractivity contribution is -0.123. The Balaban J connectivity index is 2.24. The minimum atomic E-state index is -0.422. The van der Waals surface area contributed by atoms with Gasteiger partial charge in [-0.15, -0.1) is 0 Å². The fourth-order valence-corrected chi connectivity index (χ4v) is 1.59. The number of imide groups is 1. The van der Waals surface area contributed by atoms with Crippen molar-refractivity contribution in [2.24, 2.45) is 5.92 Å². The van der Waals surface area contributed by atoms with E-state index in [0.29, 0.717) is 12.2 Å². The van der Waals surface area contributed by atoms with Crippen LogP contribution in [0.2, 0.25) is 0 Å². The molecule has 5 nitrogen and oxygen atoms in total. The van der Waals surface area contributed by atoms with E-state index in [1.807, 2.05) is 0 Å². The summed E-state index contributed by atoms with van der Waals surface area (Å²) in [5.41, 5.74) is 0.662. The van der Waals surface area contributed by atoms with Gasteiger partial charge in [0.1, 0.15) is 5.75 Å². The number of phenolic OH excluding ortho intramolecular Hbond substituents is 1. The molecule has 0 saturated carbocycles. The molecule has 2 N–H and O–H groups in total. The van der Waals surface area contributed by atoms with Crippen LogP contribution in [-0.2, 0) is 4.79 Å². The lowest BCUT2D eigenvalue weighted by Crippen LogP contribution is -2.53. The molecule has 0 aliphatic carbocycles. The molecule has 1 unspecified atom stereocenters. The molecule has 1 aromatic rings. The molecule has 16 heavy (non-hydrogen) atoms. The first-order chi connectivity index (χ1) is 7.58. The van der Waals surface area contributed by atoms with Crippen LogP contribution in [0, 0.1) is 5.92 Å². The van der Waals surface area contributed by atoms with Gasteiger partial charge in [0.2, 0.25) is 5.91 Å². The standard InChI is InChI=1S/C11H12N2O3/c1-7-6-13(11(16)12-10(7)15)8-2-4-9(14)5-3-8/h2-5,7,14H,6H2,1H3,(H,12,15,16). The minimum absolute atomic E-state index is 0.144. The van der Waals surface area contributed by atoms with Crippen molar-refractivity contribution < 1.29 is 14.7 Å². The summed E-state index contributed by atoms with van der Waals surface area (Å²) in [6.07, 6.45) is 0. The Kier molecular flexibility index (Phi) is 2.52. The quantitative estimate of drug-likeness (QED) is 0.744. The molecule has 1 fully saturated rings. The molecule has 0 radical (unpaired) electrons. The predicted octanol–water partition coefficient (Wildman–Crippen LogP) is 1.08. The number of carbonyl (C=O) groups excluding carboxylic acids is 2. The van der Waals surface area contributed by atoms with Gasteiger partial charge in [0.05, 0.1) is 5.92 Å². The number of carbonyl (C=O) groups is 2. The number of hydrogen-bond acceptors (Lipinski definition) is 3. The molecule has 1 atom stereocenters. The number of benzene rings is 1. The molecule has 1 aliphatic heterocycles. The van der Waals surface area contributed by atoms with Crippen LogP contribution >= 0.6 is 0 Å². The molecule has 1 heterocycles. The summed E-state index contributed by atoms with van der Waals surface area (Å²) < 4.78 is 0. The van der Waals surface area contributed by atoms with Gasteiger partial charge in [-0.3, -0.25) is 15.0 Å². The normalized spacial score (nSPS) is 20.8. The van der Waals surface area contributed by atoms with Crippen molar-refractivity contribution in [3.63, 3.8) is 0 Å². The van der Waals surface area contributed by atoms with Crippen molar-refractivity contribution in [1.29, 1.82) is 0 Å². The van der Waals surface area contributed by atoms with E-state index >= 15 is 0 Å². The maximum atomic E-state index is 11.6. The van der Waals surface area contributed by atoms with Gasteiger partial charge in [0.25, 0.3) is 0 Å². The highest BCUT2D eigenvalue weighted by molar-refractivity contribution is 6.06. The number of nitrogens with zero attached hydrogens (tertiary/aromatic N) is 1. The van der Waals surface area contributed by atoms with Crippen LogP contribution in [0.5, 0.6) is 5.75 Å². The molecular formula is C11H12N2O3. The van der Waals surface area contributed by atoms with Crippen molar-refractivity contribution in [2.45, 2.75) is 6.92 Å². The van der Waals surface area contributed by atoms with E-state index in [1.165, 1.54) is 17.0 Å². The molecule has 1 saturated heterocycles. The Bertz CT molecular complexity index is 427. The van der Waals surface area contributed by atoms with Gasteiger partial charge in [0, 0.05) is 12.2 Å². The van der Waals surface area contributed by atoms with E-state index in [0.717, 1.165) is 0 Å². The van der Waals surface area contributed by atoms with Crippen LogP contribution < -0.4 is 10.2 Å². The van der Waals surface area contributed by atoms with E-state index in [9.17, 15) is 9.59 Å². The number of aromatic hydroxyl groups is 1. The summed E-state index contributed by atoms with van der Waals surface area (Å²) in [6, 6.07) is 5.86. The Morgan fingerprint density at radius 3 is 2.56 bits per heavy atom. The molecule has 0 aromatic heterocycles. The van der Waals surface area contributed by atoms with Crippen LogP contribution in [0.1, 0.15) is 6.92 Å². The lowest BCUT2D eigenvalue weighted by Gasteiger charge is -2.30. The number of anilines is 1. The molecule has 3 amide bonds. The maximum Gasteiger partial charge on any atom is 0.328 e. The Labute approximate surface area is 92.7 Å². The van der Waals surface area contributed by atoms with Gasteiger partial charge in [-0.1, -0.05) is 6.92 Å². The van der Waals surface area contributed by atoms with Gasteiger partial charge in [-0.25, -0.2) is 4.79 Å². The first kappa shape index (κ1) is 10.5. The van der Waals surface area contributed by atoms with E-state index in [2.05, 4.69) is 5.32 Å². The number of rotatable bonds is 1. The monoisotopic (exact) mass is 220 g/mol. The SMILES string of the molecule is CC1CN(c2ccc(O)cc2)C(=O)NC1=O. The number of hydrogen-bond donors (Lipinski definition) is 2. The molecule has 5 heteroatoms. The first-order valence-corrected chi connectivity index (χ1v) is 4.99. The highest BCUT2D eigenvalue weighted by atomic mass is 16.3. The number of nitrogens with one attached hydrogen (secondary N) is 1. The van der Waals surface area contributed by atoms with Crippen molar-refractivity contribution in [3.8, 4) is 5.75 Å². The summed E-state index contributed by atoms with van der Waals surface area (Å²) in [4.78, 5) is 24.3. The number of urea groups is 1. The van der Waals surface area contributed by atoms with Gasteiger partial charge in [0.15, 0.2) is 0 Å². The topological polar surface area (TPSA) is 69.6 Å². The first-order valence-electron chi connectivity index (χ1n) is 4.99. The Hall–Kier alpha value is -2.04. The van der Waals surface area contributed by atoms with Gasteiger partial charge >= 0.3 is 6.03 Å². The van der Waals surface area contributed by atoms with Crippen LogP contribution in [0.3, 0.4) is 0 Å². The summed E-state index contributed by atoms with van der Waals surface area (Å²) in [6.45, 7) is 2.12. The van der Waals surface area contributed by atoms with E-state index < -0.39 is 6.03 Å². The van der Waals surface area contributed by atoms with Crippen LogP contribution in [0.4, 0.5) is 10.5 Å². The molecule has 1 aromatic carbocycles. The van der Waals surface area contributed by atoms with Crippen LogP contribution in [0.25, 0.3) is 0 Å². The van der Waals surface area contributed by atoms with E-state index in [1.54, 1.807) is 19.1 Å². The fourth-order valence-electron chi connectivity index (χ4n) is 1.59. The van der Waals surface area contributed by atoms with Crippen LogP contribution in [0.15, 0.2) is 24.3 Å². The van der Waals surface area contributed by atoms with Crippen molar-refractivity contribution in [2.75, 3.05) is 11.4 Å². The van der Waals surface area contributed by atoms with Crippen molar-refractivity contribution in [1.82, 2.24) is 5.32 Å². The molecular weight excluding hydrogens is 208 g/mol. The molecule has 84 valence electrons. The van der Waals surface area contributed by atoms with Crippen molar-refractivity contribution >= 4 is 17.6 Å². The predicted molar refractivity (Wildman–Crippen MR) is 58.2 cm³/mol. The third-order valence-electron chi connectivity index (χ3n) is 2.54. The smallest absolute Gasteiger partial charge is 0.328 e. The second kappa shape index (κ2) is 3.84. The fraction of sp³-hybridized carbons (Fsp3) is 0.273. The molecule has 0 spiro atoms. The number of amides is 3. The largest absolute Gasteiger partial charge is 0.508 e. The second-order valence-electron chi connectivity index (χ2n) is 3.82.